The van der Waals surface area contributed by atoms with Gasteiger partial charge in [0.15, 0.2) is 6.61 Å². The number of hydrogen-bond donors (Lipinski definition) is 1. The Balaban J connectivity index is 2.25. The molecular formula is C16H15BrN2O6S. The summed E-state index contributed by atoms with van der Waals surface area (Å²) < 4.78 is 10.8. The molecule has 138 valence electrons. The average molecular weight is 443 g/mol. The van der Waals surface area contributed by atoms with Crippen molar-refractivity contribution in [3.63, 3.8) is 0 Å². The highest BCUT2D eigenvalue weighted by molar-refractivity contribution is 9.10. The van der Waals surface area contributed by atoms with Gasteiger partial charge in [-0.3, -0.25) is 24.1 Å². The van der Waals surface area contributed by atoms with Gasteiger partial charge in [0.1, 0.15) is 12.3 Å². The minimum atomic E-state index is -0.663. The molecule has 0 spiro atoms. The Morgan fingerprint density at radius 2 is 2.08 bits per heavy atom. The van der Waals surface area contributed by atoms with E-state index in [1.165, 1.54) is 6.08 Å². The van der Waals surface area contributed by atoms with Gasteiger partial charge >= 0.3 is 5.97 Å². The van der Waals surface area contributed by atoms with Crippen LogP contribution in [0.25, 0.3) is 6.08 Å². The Morgan fingerprint density at radius 1 is 1.35 bits per heavy atom. The SMILES string of the molecule is CCOC(=O)CN1C(=O)S/C(=C\c2cc(Br)ccc2OCC(N)=O)C1=O. The number of nitrogens with zero attached hydrogens (tertiary/aromatic N) is 1. The molecule has 1 aliphatic rings. The summed E-state index contributed by atoms with van der Waals surface area (Å²) in [5.41, 5.74) is 5.55. The fourth-order valence-electron chi connectivity index (χ4n) is 2.03. The molecule has 1 fully saturated rings. The van der Waals surface area contributed by atoms with E-state index in [0.717, 1.165) is 4.90 Å². The molecule has 1 heterocycles. The summed E-state index contributed by atoms with van der Waals surface area (Å²) in [6, 6.07) is 4.96. The van der Waals surface area contributed by atoms with Crippen molar-refractivity contribution in [2.45, 2.75) is 6.92 Å². The molecule has 0 radical (unpaired) electrons. The number of rotatable bonds is 7. The van der Waals surface area contributed by atoms with E-state index < -0.39 is 29.6 Å². The number of ether oxygens (including phenoxy) is 2. The second-order valence-corrected chi connectivity index (χ2v) is 6.92. The van der Waals surface area contributed by atoms with Gasteiger partial charge in [-0.25, -0.2) is 0 Å². The van der Waals surface area contributed by atoms with E-state index in [9.17, 15) is 19.2 Å². The molecule has 10 heteroatoms. The molecule has 1 aromatic rings. The number of carbonyl (C=O) groups is 4. The number of halogens is 1. The van der Waals surface area contributed by atoms with Crippen LogP contribution in [0.3, 0.4) is 0 Å². The third-order valence-corrected chi connectivity index (χ3v) is 4.50. The lowest BCUT2D eigenvalue weighted by Crippen LogP contribution is -2.34. The highest BCUT2D eigenvalue weighted by Gasteiger charge is 2.36. The van der Waals surface area contributed by atoms with E-state index in [2.05, 4.69) is 15.9 Å². The van der Waals surface area contributed by atoms with Crippen molar-refractivity contribution in [2.75, 3.05) is 19.8 Å². The number of benzene rings is 1. The maximum Gasteiger partial charge on any atom is 0.326 e. The van der Waals surface area contributed by atoms with Gasteiger partial charge in [0.05, 0.1) is 11.5 Å². The first-order chi connectivity index (χ1) is 12.3. The number of hydrogen-bond acceptors (Lipinski definition) is 7. The summed E-state index contributed by atoms with van der Waals surface area (Å²) in [6.07, 6.45) is 1.46. The van der Waals surface area contributed by atoms with Crippen molar-refractivity contribution in [3.8, 4) is 5.75 Å². The Morgan fingerprint density at radius 3 is 2.73 bits per heavy atom. The van der Waals surface area contributed by atoms with E-state index >= 15 is 0 Å². The molecule has 3 amide bonds. The molecule has 0 aromatic heterocycles. The van der Waals surface area contributed by atoms with Crippen LogP contribution in [-0.2, 0) is 19.1 Å². The van der Waals surface area contributed by atoms with Gasteiger partial charge in [-0.15, -0.1) is 0 Å². The van der Waals surface area contributed by atoms with E-state index in [-0.39, 0.29) is 18.1 Å². The lowest BCUT2D eigenvalue weighted by molar-refractivity contribution is -0.146. The van der Waals surface area contributed by atoms with Crippen LogP contribution in [0.1, 0.15) is 12.5 Å². The average Bonchev–Trinajstić information content (AvgIpc) is 2.82. The fraction of sp³-hybridized carbons (Fsp3) is 0.250. The van der Waals surface area contributed by atoms with Crippen LogP contribution in [0.5, 0.6) is 5.75 Å². The highest BCUT2D eigenvalue weighted by atomic mass is 79.9. The maximum atomic E-state index is 12.4. The van der Waals surface area contributed by atoms with Crippen molar-refractivity contribution < 1.29 is 28.7 Å². The number of primary amides is 1. The zero-order valence-corrected chi connectivity index (χ0v) is 16.1. The Bertz CT molecular complexity index is 795. The molecule has 1 saturated heterocycles. The van der Waals surface area contributed by atoms with Crippen LogP contribution < -0.4 is 10.5 Å². The first-order valence-electron chi connectivity index (χ1n) is 7.43. The number of nitrogens with two attached hydrogens (primary N) is 1. The minimum absolute atomic E-state index is 0.126. The number of esters is 1. The first-order valence-corrected chi connectivity index (χ1v) is 9.04. The maximum absolute atomic E-state index is 12.4. The lowest BCUT2D eigenvalue weighted by atomic mass is 10.2. The standard InChI is InChI=1S/C16H15BrN2O6S/c1-2-24-14(21)7-19-15(22)12(26-16(19)23)6-9-5-10(17)3-4-11(9)25-8-13(18)20/h3-6H,2,7-8H2,1H3,(H2,18,20)/b12-6-. The van der Waals surface area contributed by atoms with Crippen LogP contribution in [0.15, 0.2) is 27.6 Å². The van der Waals surface area contributed by atoms with Gasteiger partial charge in [-0.05, 0) is 43.0 Å². The van der Waals surface area contributed by atoms with Crippen molar-refractivity contribution in [3.05, 3.63) is 33.1 Å². The van der Waals surface area contributed by atoms with Crippen molar-refractivity contribution in [1.82, 2.24) is 4.90 Å². The van der Waals surface area contributed by atoms with Crippen LogP contribution in [-0.4, -0.2) is 47.7 Å². The lowest BCUT2D eigenvalue weighted by Gasteiger charge is -2.11. The summed E-state index contributed by atoms with van der Waals surface area (Å²) in [7, 11) is 0. The summed E-state index contributed by atoms with van der Waals surface area (Å²) >= 11 is 4.01. The van der Waals surface area contributed by atoms with Crippen LogP contribution in [0.4, 0.5) is 4.79 Å². The first kappa shape index (κ1) is 20.0. The summed E-state index contributed by atoms with van der Waals surface area (Å²) in [6.45, 7) is 1.02. The van der Waals surface area contributed by atoms with E-state index in [1.807, 2.05) is 0 Å². The van der Waals surface area contributed by atoms with Crippen molar-refractivity contribution >= 4 is 56.8 Å². The third-order valence-electron chi connectivity index (χ3n) is 3.09. The quantitative estimate of drug-likeness (QED) is 0.506. The number of carbonyl (C=O) groups excluding carboxylic acids is 4. The molecule has 0 aliphatic carbocycles. The molecule has 0 unspecified atom stereocenters. The Hall–Kier alpha value is -2.33. The van der Waals surface area contributed by atoms with Crippen LogP contribution >= 0.6 is 27.7 Å². The van der Waals surface area contributed by atoms with Crippen LogP contribution in [0, 0.1) is 0 Å². The molecule has 0 saturated carbocycles. The van der Waals surface area contributed by atoms with E-state index in [1.54, 1.807) is 25.1 Å². The normalized spacial score (nSPS) is 15.5. The molecule has 2 N–H and O–H groups in total. The molecule has 2 rings (SSSR count). The van der Waals surface area contributed by atoms with E-state index in [0.29, 0.717) is 27.5 Å². The highest BCUT2D eigenvalue weighted by Crippen LogP contribution is 2.34. The molecule has 1 aliphatic heterocycles. The summed E-state index contributed by atoms with van der Waals surface area (Å²) in [5.74, 6) is -1.59. The van der Waals surface area contributed by atoms with Gasteiger partial charge in [-0.1, -0.05) is 15.9 Å². The van der Waals surface area contributed by atoms with Gasteiger partial charge in [0.2, 0.25) is 0 Å². The summed E-state index contributed by atoms with van der Waals surface area (Å²) in [5, 5.41) is -0.566. The molecule has 0 atom stereocenters. The fourth-order valence-corrected chi connectivity index (χ4v) is 3.23. The monoisotopic (exact) mass is 442 g/mol. The largest absolute Gasteiger partial charge is 0.483 e. The number of thioether (sulfide) groups is 1. The number of imide groups is 1. The zero-order chi connectivity index (χ0) is 19.3. The van der Waals surface area contributed by atoms with Crippen LogP contribution in [0.2, 0.25) is 0 Å². The van der Waals surface area contributed by atoms with Crippen molar-refractivity contribution in [1.29, 1.82) is 0 Å². The predicted molar refractivity (Wildman–Crippen MR) is 98.1 cm³/mol. The molecule has 0 bridgehead atoms. The summed E-state index contributed by atoms with van der Waals surface area (Å²) in [4.78, 5) is 47.8. The number of amides is 3. The zero-order valence-electron chi connectivity index (χ0n) is 13.7. The van der Waals surface area contributed by atoms with Gasteiger partial charge in [0, 0.05) is 10.0 Å². The third kappa shape index (κ3) is 5.09. The van der Waals surface area contributed by atoms with Gasteiger partial charge in [-0.2, -0.15) is 0 Å². The van der Waals surface area contributed by atoms with Gasteiger partial charge in [0.25, 0.3) is 17.1 Å². The minimum Gasteiger partial charge on any atom is -0.483 e. The van der Waals surface area contributed by atoms with Crippen molar-refractivity contribution in [2.24, 2.45) is 5.73 Å². The topological polar surface area (TPSA) is 116 Å². The van der Waals surface area contributed by atoms with E-state index in [4.69, 9.17) is 15.2 Å². The predicted octanol–water partition coefficient (Wildman–Crippen LogP) is 1.91. The molecule has 8 nitrogen and oxygen atoms in total. The second kappa shape index (κ2) is 8.86. The molecule has 1 aromatic carbocycles. The Labute approximate surface area is 161 Å². The second-order valence-electron chi connectivity index (χ2n) is 5.01. The molecule has 26 heavy (non-hydrogen) atoms. The molecular weight excluding hydrogens is 428 g/mol. The van der Waals surface area contributed by atoms with Gasteiger partial charge < -0.3 is 15.2 Å². The smallest absolute Gasteiger partial charge is 0.326 e. The Kier molecular flexibility index (Phi) is 6.81.